The van der Waals surface area contributed by atoms with Crippen LogP contribution in [0.1, 0.15) is 35.8 Å². The SMILES string of the molecule is Oc1c(F)cccc1CNC1CCCc2occc21. The summed E-state index contributed by atoms with van der Waals surface area (Å²) in [5, 5.41) is 13.0. The lowest BCUT2D eigenvalue weighted by atomic mass is 9.93. The molecule has 0 saturated carbocycles. The third kappa shape index (κ3) is 2.36. The van der Waals surface area contributed by atoms with Gasteiger partial charge in [-0.05, 0) is 25.0 Å². The molecule has 0 radical (unpaired) electrons. The number of furan rings is 1. The highest BCUT2D eigenvalue weighted by Gasteiger charge is 2.22. The largest absolute Gasteiger partial charge is 0.505 e. The molecular formula is C15H16FNO2. The molecule has 19 heavy (non-hydrogen) atoms. The molecule has 0 aliphatic heterocycles. The zero-order valence-corrected chi connectivity index (χ0v) is 10.5. The highest BCUT2D eigenvalue weighted by Crippen LogP contribution is 2.31. The molecule has 0 spiro atoms. The Morgan fingerprint density at radius 2 is 2.26 bits per heavy atom. The molecule has 1 aliphatic carbocycles. The lowest BCUT2D eigenvalue weighted by Gasteiger charge is -2.23. The van der Waals surface area contributed by atoms with Crippen LogP contribution in [0.3, 0.4) is 0 Å². The standard InChI is InChI=1S/C15H16FNO2/c16-12-4-1-3-10(15(12)18)9-17-13-5-2-6-14-11(13)7-8-19-14/h1,3-4,7-8,13,17-18H,2,5-6,9H2. The first-order valence-electron chi connectivity index (χ1n) is 6.51. The van der Waals surface area contributed by atoms with Gasteiger partial charge >= 0.3 is 0 Å². The van der Waals surface area contributed by atoms with Gasteiger partial charge in [0.2, 0.25) is 0 Å². The third-order valence-electron chi connectivity index (χ3n) is 3.66. The fourth-order valence-electron chi connectivity index (χ4n) is 2.63. The second-order valence-electron chi connectivity index (χ2n) is 4.87. The van der Waals surface area contributed by atoms with Crippen LogP contribution in [0.2, 0.25) is 0 Å². The predicted molar refractivity (Wildman–Crippen MR) is 69.3 cm³/mol. The summed E-state index contributed by atoms with van der Waals surface area (Å²) in [7, 11) is 0. The molecule has 1 atom stereocenters. The molecule has 1 heterocycles. The number of hydrogen-bond donors (Lipinski definition) is 2. The molecule has 3 rings (SSSR count). The van der Waals surface area contributed by atoms with Gasteiger partial charge in [0.25, 0.3) is 0 Å². The van der Waals surface area contributed by atoms with Crippen molar-refractivity contribution in [1.82, 2.24) is 5.32 Å². The maximum atomic E-state index is 13.2. The Hall–Kier alpha value is -1.81. The van der Waals surface area contributed by atoms with E-state index < -0.39 is 5.82 Å². The van der Waals surface area contributed by atoms with E-state index >= 15 is 0 Å². The Bertz CT molecular complexity index is 579. The van der Waals surface area contributed by atoms with Crippen LogP contribution < -0.4 is 5.32 Å². The van der Waals surface area contributed by atoms with Gasteiger partial charge in [0.1, 0.15) is 5.76 Å². The van der Waals surface area contributed by atoms with Crippen molar-refractivity contribution in [2.45, 2.75) is 31.8 Å². The Morgan fingerprint density at radius 3 is 3.16 bits per heavy atom. The lowest BCUT2D eigenvalue weighted by molar-refractivity contribution is 0.398. The average Bonchev–Trinajstić information content (AvgIpc) is 2.89. The number of nitrogens with one attached hydrogen (secondary N) is 1. The molecule has 100 valence electrons. The highest BCUT2D eigenvalue weighted by molar-refractivity contribution is 5.33. The van der Waals surface area contributed by atoms with Gasteiger partial charge < -0.3 is 14.8 Å². The average molecular weight is 261 g/mol. The van der Waals surface area contributed by atoms with Crippen molar-refractivity contribution in [2.24, 2.45) is 0 Å². The number of aromatic hydroxyl groups is 1. The summed E-state index contributed by atoms with van der Waals surface area (Å²) in [6, 6.07) is 6.79. The van der Waals surface area contributed by atoms with E-state index in [-0.39, 0.29) is 11.8 Å². The molecular weight excluding hydrogens is 245 g/mol. The molecule has 1 aromatic carbocycles. The normalized spacial score (nSPS) is 18.3. The van der Waals surface area contributed by atoms with Gasteiger partial charge in [-0.25, -0.2) is 4.39 Å². The molecule has 0 fully saturated rings. The topological polar surface area (TPSA) is 45.4 Å². The molecule has 0 bridgehead atoms. The predicted octanol–water partition coefficient (Wildman–Crippen LogP) is 3.29. The molecule has 4 heteroatoms. The smallest absolute Gasteiger partial charge is 0.165 e. The maximum absolute atomic E-state index is 13.2. The zero-order valence-electron chi connectivity index (χ0n) is 10.5. The first-order chi connectivity index (χ1) is 9.25. The number of halogens is 1. The second kappa shape index (κ2) is 5.05. The van der Waals surface area contributed by atoms with E-state index in [2.05, 4.69) is 5.32 Å². The lowest BCUT2D eigenvalue weighted by Crippen LogP contribution is -2.24. The molecule has 2 N–H and O–H groups in total. The van der Waals surface area contributed by atoms with E-state index in [1.54, 1.807) is 18.4 Å². The first kappa shape index (κ1) is 12.2. The minimum Gasteiger partial charge on any atom is -0.505 e. The van der Waals surface area contributed by atoms with Gasteiger partial charge in [-0.3, -0.25) is 0 Å². The van der Waals surface area contributed by atoms with Crippen LogP contribution in [-0.2, 0) is 13.0 Å². The Balaban J connectivity index is 1.73. The van der Waals surface area contributed by atoms with E-state index in [9.17, 15) is 9.50 Å². The summed E-state index contributed by atoms with van der Waals surface area (Å²) in [6.07, 6.45) is 4.80. The van der Waals surface area contributed by atoms with E-state index in [0.717, 1.165) is 25.0 Å². The number of rotatable bonds is 3. The maximum Gasteiger partial charge on any atom is 0.165 e. The van der Waals surface area contributed by atoms with E-state index in [4.69, 9.17) is 4.42 Å². The van der Waals surface area contributed by atoms with Crippen LogP contribution in [0.15, 0.2) is 34.9 Å². The van der Waals surface area contributed by atoms with Crippen molar-refractivity contribution >= 4 is 0 Å². The molecule has 0 amide bonds. The van der Waals surface area contributed by atoms with Crippen molar-refractivity contribution in [2.75, 3.05) is 0 Å². The van der Waals surface area contributed by atoms with Gasteiger partial charge in [-0.1, -0.05) is 12.1 Å². The quantitative estimate of drug-likeness (QED) is 0.891. The van der Waals surface area contributed by atoms with Crippen molar-refractivity contribution in [3.8, 4) is 5.75 Å². The van der Waals surface area contributed by atoms with Gasteiger partial charge in [-0.2, -0.15) is 0 Å². The molecule has 1 unspecified atom stereocenters. The summed E-state index contributed by atoms with van der Waals surface area (Å²) < 4.78 is 18.7. The van der Waals surface area contributed by atoms with Crippen LogP contribution >= 0.6 is 0 Å². The summed E-state index contributed by atoms with van der Waals surface area (Å²) >= 11 is 0. The minimum absolute atomic E-state index is 0.213. The van der Waals surface area contributed by atoms with Crippen molar-refractivity contribution < 1.29 is 13.9 Å². The number of phenolic OH excluding ortho intramolecular Hbond substituents is 1. The molecule has 2 aromatic rings. The molecule has 0 saturated heterocycles. The van der Waals surface area contributed by atoms with E-state index in [1.807, 2.05) is 6.07 Å². The third-order valence-corrected chi connectivity index (χ3v) is 3.66. The second-order valence-corrected chi connectivity index (χ2v) is 4.87. The van der Waals surface area contributed by atoms with Gasteiger partial charge in [-0.15, -0.1) is 0 Å². The minimum atomic E-state index is -0.577. The van der Waals surface area contributed by atoms with E-state index in [1.165, 1.54) is 11.6 Å². The fourth-order valence-corrected chi connectivity index (χ4v) is 2.63. The van der Waals surface area contributed by atoms with Gasteiger partial charge in [0, 0.05) is 30.1 Å². The number of aryl methyl sites for hydroxylation is 1. The van der Waals surface area contributed by atoms with Gasteiger partial charge in [0.15, 0.2) is 11.6 Å². The van der Waals surface area contributed by atoms with E-state index in [0.29, 0.717) is 12.1 Å². The molecule has 1 aliphatic rings. The Kier molecular flexibility index (Phi) is 3.25. The Morgan fingerprint density at radius 1 is 1.37 bits per heavy atom. The summed E-state index contributed by atoms with van der Waals surface area (Å²) in [4.78, 5) is 0. The summed E-state index contributed by atoms with van der Waals surface area (Å²) in [6.45, 7) is 0.443. The van der Waals surface area contributed by atoms with Crippen LogP contribution in [-0.4, -0.2) is 5.11 Å². The molecule has 1 aromatic heterocycles. The Labute approximate surface area is 111 Å². The van der Waals surface area contributed by atoms with Crippen molar-refractivity contribution in [3.05, 3.63) is 53.2 Å². The van der Waals surface area contributed by atoms with Crippen LogP contribution in [0.5, 0.6) is 5.75 Å². The van der Waals surface area contributed by atoms with Crippen LogP contribution in [0, 0.1) is 5.82 Å². The monoisotopic (exact) mass is 261 g/mol. The van der Waals surface area contributed by atoms with Crippen molar-refractivity contribution in [3.63, 3.8) is 0 Å². The van der Waals surface area contributed by atoms with Crippen LogP contribution in [0.25, 0.3) is 0 Å². The number of fused-ring (bicyclic) bond motifs is 1. The zero-order chi connectivity index (χ0) is 13.2. The van der Waals surface area contributed by atoms with Crippen molar-refractivity contribution in [1.29, 1.82) is 0 Å². The summed E-state index contributed by atoms with van der Waals surface area (Å²) in [5.41, 5.74) is 1.76. The summed E-state index contributed by atoms with van der Waals surface area (Å²) in [5.74, 6) is 0.192. The fraction of sp³-hybridized carbons (Fsp3) is 0.333. The highest BCUT2D eigenvalue weighted by atomic mass is 19.1. The first-order valence-corrected chi connectivity index (χ1v) is 6.51. The molecule has 3 nitrogen and oxygen atoms in total. The number of phenols is 1. The van der Waals surface area contributed by atoms with Crippen LogP contribution in [0.4, 0.5) is 4.39 Å². The van der Waals surface area contributed by atoms with Gasteiger partial charge in [0.05, 0.1) is 6.26 Å². The number of para-hydroxylation sites is 1. The number of benzene rings is 1. The number of hydrogen-bond acceptors (Lipinski definition) is 3.